The van der Waals surface area contributed by atoms with Crippen LogP contribution in [0.5, 0.6) is 0 Å². The predicted molar refractivity (Wildman–Crippen MR) is 102 cm³/mol. The number of carboxylic acids is 1. The molecule has 3 unspecified atom stereocenters. The second-order valence-electron chi connectivity index (χ2n) is 6.35. The van der Waals surface area contributed by atoms with Crippen molar-refractivity contribution in [3.63, 3.8) is 0 Å². The number of aromatic nitrogens is 2. The van der Waals surface area contributed by atoms with Crippen molar-refractivity contribution >= 4 is 36.3 Å². The number of carbonyl (C=O) groups excluding carboxylic acids is 3. The molecule has 12 heteroatoms. The third kappa shape index (κ3) is 6.53. The first-order valence-electron chi connectivity index (χ1n) is 8.82. The minimum Gasteiger partial charge on any atom is -0.480 e. The van der Waals surface area contributed by atoms with E-state index in [0.717, 1.165) is 13.0 Å². The van der Waals surface area contributed by atoms with Gasteiger partial charge < -0.3 is 31.4 Å². The molecular formula is C16H24N6O5S. The number of amides is 3. The zero-order valence-electron chi connectivity index (χ0n) is 15.1. The van der Waals surface area contributed by atoms with E-state index in [4.69, 9.17) is 5.11 Å². The van der Waals surface area contributed by atoms with Gasteiger partial charge in [0.25, 0.3) is 0 Å². The van der Waals surface area contributed by atoms with Gasteiger partial charge in [-0.15, -0.1) is 0 Å². The Kier molecular flexibility index (Phi) is 8.26. The average Bonchev–Trinajstić information content (AvgIpc) is 3.37. The monoisotopic (exact) mass is 412 g/mol. The summed E-state index contributed by atoms with van der Waals surface area (Å²) in [4.78, 5) is 54.5. The van der Waals surface area contributed by atoms with Crippen molar-refractivity contribution in [2.24, 2.45) is 0 Å². The summed E-state index contributed by atoms with van der Waals surface area (Å²) in [5.74, 6) is -2.71. The van der Waals surface area contributed by atoms with Gasteiger partial charge in [-0.2, -0.15) is 12.6 Å². The lowest BCUT2D eigenvalue weighted by atomic mass is 10.1. The van der Waals surface area contributed by atoms with Crippen molar-refractivity contribution in [2.75, 3.05) is 18.8 Å². The Labute approximate surface area is 166 Å². The van der Waals surface area contributed by atoms with E-state index in [2.05, 4.69) is 43.9 Å². The van der Waals surface area contributed by atoms with Crippen LogP contribution in [0.15, 0.2) is 12.5 Å². The molecule has 0 radical (unpaired) electrons. The van der Waals surface area contributed by atoms with Crippen molar-refractivity contribution in [2.45, 2.75) is 37.4 Å². The summed E-state index contributed by atoms with van der Waals surface area (Å²) in [5.41, 5.74) is 0.581. The summed E-state index contributed by atoms with van der Waals surface area (Å²) >= 11 is 4.11. The molecule has 154 valence electrons. The van der Waals surface area contributed by atoms with E-state index < -0.39 is 36.4 Å². The van der Waals surface area contributed by atoms with Crippen LogP contribution in [0.4, 0.5) is 0 Å². The fraction of sp³-hybridized carbons (Fsp3) is 0.562. The summed E-state index contributed by atoms with van der Waals surface area (Å²) in [6.07, 6.45) is 4.56. The number of carboxylic acid groups (broad SMARTS) is 1. The maximum absolute atomic E-state index is 12.6. The first kappa shape index (κ1) is 21.7. The zero-order valence-corrected chi connectivity index (χ0v) is 16.0. The second-order valence-corrected chi connectivity index (χ2v) is 6.71. The van der Waals surface area contributed by atoms with E-state index in [0.29, 0.717) is 12.1 Å². The van der Waals surface area contributed by atoms with Crippen LogP contribution in [0.25, 0.3) is 0 Å². The average molecular weight is 412 g/mol. The van der Waals surface area contributed by atoms with Gasteiger partial charge in [-0.3, -0.25) is 19.2 Å². The number of hydrogen-bond donors (Lipinski definition) is 7. The molecule has 28 heavy (non-hydrogen) atoms. The summed E-state index contributed by atoms with van der Waals surface area (Å²) < 4.78 is 0. The molecule has 0 spiro atoms. The van der Waals surface area contributed by atoms with Gasteiger partial charge in [0.1, 0.15) is 18.6 Å². The van der Waals surface area contributed by atoms with Crippen LogP contribution in [0.1, 0.15) is 18.5 Å². The highest BCUT2D eigenvalue weighted by atomic mass is 32.1. The van der Waals surface area contributed by atoms with Gasteiger partial charge in [-0.05, 0) is 19.4 Å². The molecule has 0 bridgehead atoms. The molecule has 1 saturated heterocycles. The number of thiol groups is 1. The molecule has 2 heterocycles. The van der Waals surface area contributed by atoms with Crippen LogP contribution in [-0.2, 0) is 25.6 Å². The van der Waals surface area contributed by atoms with Crippen LogP contribution < -0.4 is 21.3 Å². The van der Waals surface area contributed by atoms with E-state index in [-0.39, 0.29) is 24.1 Å². The van der Waals surface area contributed by atoms with Gasteiger partial charge in [0.2, 0.25) is 17.7 Å². The normalized spacial score (nSPS) is 18.1. The van der Waals surface area contributed by atoms with Crippen molar-refractivity contribution < 1.29 is 24.3 Å². The number of imidazole rings is 1. The summed E-state index contributed by atoms with van der Waals surface area (Å²) in [5, 5.41) is 19.2. The fourth-order valence-electron chi connectivity index (χ4n) is 2.76. The molecule has 1 fully saturated rings. The van der Waals surface area contributed by atoms with Crippen LogP contribution in [-0.4, -0.2) is 75.7 Å². The van der Waals surface area contributed by atoms with Crippen LogP contribution in [0, 0.1) is 0 Å². The maximum atomic E-state index is 12.6. The van der Waals surface area contributed by atoms with Gasteiger partial charge in [0.05, 0.1) is 12.4 Å². The number of H-pyrrole nitrogens is 1. The van der Waals surface area contributed by atoms with E-state index >= 15 is 0 Å². The number of carbonyl (C=O) groups is 4. The molecule has 0 aliphatic carbocycles. The topological polar surface area (TPSA) is 165 Å². The highest BCUT2D eigenvalue weighted by Crippen LogP contribution is 2.06. The van der Waals surface area contributed by atoms with Gasteiger partial charge in [0, 0.05) is 24.1 Å². The number of nitrogens with one attached hydrogen (secondary N) is 5. The Balaban J connectivity index is 2.00. The maximum Gasteiger partial charge on any atom is 0.322 e. The molecule has 1 aliphatic heterocycles. The molecule has 1 aromatic heterocycles. The van der Waals surface area contributed by atoms with Crippen molar-refractivity contribution in [3.05, 3.63) is 18.2 Å². The molecule has 1 aliphatic rings. The molecule has 3 amide bonds. The predicted octanol–water partition coefficient (Wildman–Crippen LogP) is -2.20. The highest BCUT2D eigenvalue weighted by molar-refractivity contribution is 7.80. The highest BCUT2D eigenvalue weighted by Gasteiger charge is 2.29. The number of rotatable bonds is 10. The molecular weight excluding hydrogens is 388 g/mol. The van der Waals surface area contributed by atoms with Gasteiger partial charge in [-0.25, -0.2) is 4.98 Å². The lowest BCUT2D eigenvalue weighted by Gasteiger charge is -2.23. The molecule has 1 aromatic rings. The lowest BCUT2D eigenvalue weighted by molar-refractivity contribution is -0.138. The minimum absolute atomic E-state index is 0.0395. The number of nitrogens with zero attached hydrogens (tertiary/aromatic N) is 1. The van der Waals surface area contributed by atoms with Gasteiger partial charge in [0.15, 0.2) is 0 Å². The Hall–Kier alpha value is -2.60. The van der Waals surface area contributed by atoms with Crippen LogP contribution in [0.3, 0.4) is 0 Å². The fourth-order valence-corrected chi connectivity index (χ4v) is 3.02. The third-order valence-corrected chi connectivity index (χ3v) is 4.58. The van der Waals surface area contributed by atoms with E-state index in [1.807, 2.05) is 0 Å². The Morgan fingerprint density at radius 2 is 2.04 bits per heavy atom. The summed E-state index contributed by atoms with van der Waals surface area (Å²) in [6.45, 7) is 0.167. The second kappa shape index (κ2) is 10.7. The zero-order chi connectivity index (χ0) is 20.5. The van der Waals surface area contributed by atoms with Crippen molar-refractivity contribution in [3.8, 4) is 0 Å². The number of aromatic amines is 1. The van der Waals surface area contributed by atoms with Gasteiger partial charge in [-0.1, -0.05) is 0 Å². The minimum atomic E-state index is -1.20. The van der Waals surface area contributed by atoms with Crippen LogP contribution >= 0.6 is 12.6 Å². The van der Waals surface area contributed by atoms with Crippen molar-refractivity contribution in [1.29, 1.82) is 0 Å². The van der Waals surface area contributed by atoms with E-state index in [9.17, 15) is 19.2 Å². The molecule has 3 atom stereocenters. The van der Waals surface area contributed by atoms with Gasteiger partial charge >= 0.3 is 5.97 Å². The molecule has 2 rings (SSSR count). The Morgan fingerprint density at radius 3 is 2.61 bits per heavy atom. The smallest absolute Gasteiger partial charge is 0.322 e. The summed E-state index contributed by atoms with van der Waals surface area (Å²) in [7, 11) is 0. The molecule has 0 aromatic carbocycles. The Morgan fingerprint density at radius 1 is 1.25 bits per heavy atom. The number of hydrogen-bond acceptors (Lipinski definition) is 7. The molecule has 6 N–H and O–H groups in total. The Bertz CT molecular complexity index is 692. The standard InChI is InChI=1S/C16H24N6O5S/c23-13(24)6-19-14(25)11(4-9-5-17-8-20-9)21-16(27)12(7-28)22-15(26)10-2-1-3-18-10/h5,8,10-12,18,28H,1-4,6-7H2,(H,17,20)(H,19,25)(H,21,27)(H,22,26)(H,23,24). The summed E-state index contributed by atoms with van der Waals surface area (Å²) in [6, 6.07) is -2.33. The van der Waals surface area contributed by atoms with E-state index in [1.54, 1.807) is 0 Å². The lowest BCUT2D eigenvalue weighted by Crippen LogP contribution is -2.57. The molecule has 11 nitrogen and oxygen atoms in total. The van der Waals surface area contributed by atoms with E-state index in [1.165, 1.54) is 12.5 Å². The molecule has 0 saturated carbocycles. The number of aliphatic carboxylic acids is 1. The first-order chi connectivity index (χ1) is 13.4. The van der Waals surface area contributed by atoms with Crippen molar-refractivity contribution in [1.82, 2.24) is 31.2 Å². The largest absolute Gasteiger partial charge is 0.480 e. The van der Waals surface area contributed by atoms with Crippen LogP contribution in [0.2, 0.25) is 0 Å². The third-order valence-electron chi connectivity index (χ3n) is 4.22. The SMILES string of the molecule is O=C(O)CNC(=O)C(Cc1cnc[nH]1)NC(=O)C(CS)NC(=O)C1CCCN1. The first-order valence-corrected chi connectivity index (χ1v) is 9.45. The quantitative estimate of drug-likeness (QED) is 0.214.